The summed E-state index contributed by atoms with van der Waals surface area (Å²) in [5, 5.41) is 3.90. The molecule has 0 amide bonds. The number of pyridine rings is 1. The highest BCUT2D eigenvalue weighted by molar-refractivity contribution is 8.00. The van der Waals surface area contributed by atoms with Crippen molar-refractivity contribution in [3.63, 3.8) is 0 Å². The van der Waals surface area contributed by atoms with Gasteiger partial charge in [-0.15, -0.1) is 0 Å². The van der Waals surface area contributed by atoms with Crippen LogP contribution in [0, 0.1) is 0 Å². The highest BCUT2D eigenvalue weighted by Gasteiger charge is 2.30. The first-order chi connectivity index (χ1) is 7.96. The molecular formula is C9H5ClF3N3S. The molecule has 8 heteroatoms. The van der Waals surface area contributed by atoms with Crippen molar-refractivity contribution in [1.29, 1.82) is 0 Å². The van der Waals surface area contributed by atoms with Crippen molar-refractivity contribution in [2.24, 2.45) is 0 Å². The van der Waals surface area contributed by atoms with E-state index in [0.29, 0.717) is 10.8 Å². The molecule has 90 valence electrons. The first-order valence-corrected chi connectivity index (χ1v) is 5.57. The van der Waals surface area contributed by atoms with Crippen LogP contribution >= 0.6 is 23.4 Å². The molecule has 0 aliphatic heterocycles. The van der Waals surface area contributed by atoms with E-state index in [1.807, 2.05) is 0 Å². The van der Waals surface area contributed by atoms with E-state index >= 15 is 0 Å². The van der Waals surface area contributed by atoms with Crippen LogP contribution < -0.4 is 0 Å². The SMILES string of the molecule is FC(F)(F)Sc1ccn(-c2ncccc2Cl)n1. The van der Waals surface area contributed by atoms with Gasteiger partial charge in [0.2, 0.25) is 0 Å². The molecular weight excluding hydrogens is 275 g/mol. The first kappa shape index (κ1) is 12.3. The summed E-state index contributed by atoms with van der Waals surface area (Å²) >= 11 is 5.57. The Morgan fingerprint density at radius 3 is 2.71 bits per heavy atom. The van der Waals surface area contributed by atoms with Crippen molar-refractivity contribution < 1.29 is 13.2 Å². The van der Waals surface area contributed by atoms with Crippen LogP contribution in [-0.2, 0) is 0 Å². The largest absolute Gasteiger partial charge is 0.447 e. The van der Waals surface area contributed by atoms with Gasteiger partial charge in [-0.2, -0.15) is 18.3 Å². The Bertz CT molecular complexity index is 526. The lowest BCUT2D eigenvalue weighted by molar-refractivity contribution is -0.0329. The zero-order valence-corrected chi connectivity index (χ0v) is 9.72. The Morgan fingerprint density at radius 1 is 1.29 bits per heavy atom. The molecule has 0 radical (unpaired) electrons. The zero-order valence-electron chi connectivity index (χ0n) is 8.15. The maximum atomic E-state index is 12.1. The van der Waals surface area contributed by atoms with Gasteiger partial charge in [0.25, 0.3) is 0 Å². The molecule has 17 heavy (non-hydrogen) atoms. The summed E-state index contributed by atoms with van der Waals surface area (Å²) in [6.07, 6.45) is 2.86. The van der Waals surface area contributed by atoms with Crippen molar-refractivity contribution in [3.05, 3.63) is 35.6 Å². The van der Waals surface area contributed by atoms with Gasteiger partial charge in [-0.3, -0.25) is 0 Å². The minimum absolute atomic E-state index is 0.154. The number of alkyl halides is 3. The van der Waals surface area contributed by atoms with Crippen molar-refractivity contribution in [2.75, 3.05) is 0 Å². The summed E-state index contributed by atoms with van der Waals surface area (Å²) < 4.78 is 37.5. The molecule has 3 nitrogen and oxygen atoms in total. The van der Waals surface area contributed by atoms with Gasteiger partial charge in [-0.05, 0) is 18.2 Å². The minimum atomic E-state index is -4.35. The fraction of sp³-hybridized carbons (Fsp3) is 0.111. The van der Waals surface area contributed by atoms with Gasteiger partial charge in [0.1, 0.15) is 5.03 Å². The molecule has 0 spiro atoms. The fourth-order valence-electron chi connectivity index (χ4n) is 1.14. The van der Waals surface area contributed by atoms with Gasteiger partial charge in [0.15, 0.2) is 5.82 Å². The average molecular weight is 280 g/mol. The third kappa shape index (κ3) is 3.13. The van der Waals surface area contributed by atoms with Gasteiger partial charge >= 0.3 is 5.51 Å². The van der Waals surface area contributed by atoms with E-state index in [1.165, 1.54) is 23.1 Å². The monoisotopic (exact) mass is 279 g/mol. The molecule has 2 aromatic heterocycles. The van der Waals surface area contributed by atoms with Gasteiger partial charge in [0.05, 0.1) is 5.02 Å². The number of hydrogen-bond donors (Lipinski definition) is 0. The maximum Gasteiger partial charge on any atom is 0.447 e. The first-order valence-electron chi connectivity index (χ1n) is 4.38. The van der Waals surface area contributed by atoms with E-state index in [0.717, 1.165) is 0 Å². The van der Waals surface area contributed by atoms with E-state index in [-0.39, 0.29) is 16.8 Å². The molecule has 2 aromatic rings. The molecule has 0 unspecified atom stereocenters. The molecule has 2 heterocycles. The average Bonchev–Trinajstić information content (AvgIpc) is 2.64. The number of aromatic nitrogens is 3. The summed E-state index contributed by atoms with van der Waals surface area (Å²) in [4.78, 5) is 3.94. The highest BCUT2D eigenvalue weighted by Crippen LogP contribution is 2.35. The second kappa shape index (κ2) is 4.58. The number of rotatable bonds is 2. The molecule has 0 aliphatic rings. The van der Waals surface area contributed by atoms with Crippen LogP contribution in [0.5, 0.6) is 0 Å². The van der Waals surface area contributed by atoms with Crippen LogP contribution in [0.4, 0.5) is 13.2 Å². The topological polar surface area (TPSA) is 30.7 Å². The lowest BCUT2D eigenvalue weighted by Crippen LogP contribution is -2.01. The molecule has 0 atom stereocenters. The molecule has 0 N–H and O–H groups in total. The summed E-state index contributed by atoms with van der Waals surface area (Å²) in [6, 6.07) is 4.46. The number of thioether (sulfide) groups is 1. The van der Waals surface area contributed by atoms with Crippen LogP contribution in [0.25, 0.3) is 5.82 Å². The highest BCUT2D eigenvalue weighted by atomic mass is 35.5. The fourth-order valence-corrected chi connectivity index (χ4v) is 1.85. The third-order valence-corrected chi connectivity index (χ3v) is 2.69. The number of halogens is 4. The Labute approximate surface area is 104 Å². The smallest absolute Gasteiger partial charge is 0.236 e. The summed E-state index contributed by atoms with van der Waals surface area (Å²) in [6.45, 7) is 0. The quantitative estimate of drug-likeness (QED) is 0.788. The summed E-state index contributed by atoms with van der Waals surface area (Å²) in [5.74, 6) is 0.295. The second-order valence-electron chi connectivity index (χ2n) is 2.96. The molecule has 2 rings (SSSR count). The second-order valence-corrected chi connectivity index (χ2v) is 4.45. The van der Waals surface area contributed by atoms with Crippen LogP contribution in [0.2, 0.25) is 5.02 Å². The Kier molecular flexibility index (Phi) is 3.30. The lowest BCUT2D eigenvalue weighted by atomic mass is 10.4. The lowest BCUT2D eigenvalue weighted by Gasteiger charge is -2.03. The predicted octanol–water partition coefficient (Wildman–Crippen LogP) is 3.53. The van der Waals surface area contributed by atoms with Gasteiger partial charge in [-0.1, -0.05) is 11.6 Å². The molecule has 0 saturated carbocycles. The summed E-state index contributed by atoms with van der Waals surface area (Å²) in [7, 11) is 0. The van der Waals surface area contributed by atoms with Crippen molar-refractivity contribution in [1.82, 2.24) is 14.8 Å². The Hall–Kier alpha value is -1.21. The van der Waals surface area contributed by atoms with Crippen LogP contribution in [0.15, 0.2) is 35.6 Å². The van der Waals surface area contributed by atoms with Crippen molar-refractivity contribution in [2.45, 2.75) is 10.5 Å². The van der Waals surface area contributed by atoms with E-state index < -0.39 is 5.51 Å². The maximum absolute atomic E-state index is 12.1. The van der Waals surface area contributed by atoms with Crippen molar-refractivity contribution >= 4 is 23.4 Å². The van der Waals surface area contributed by atoms with E-state index in [1.54, 1.807) is 12.1 Å². The predicted molar refractivity (Wildman–Crippen MR) is 58.3 cm³/mol. The number of hydrogen-bond acceptors (Lipinski definition) is 3. The molecule has 0 bridgehead atoms. The van der Waals surface area contributed by atoms with Crippen LogP contribution in [0.1, 0.15) is 0 Å². The molecule has 0 aromatic carbocycles. The van der Waals surface area contributed by atoms with E-state index in [9.17, 15) is 13.2 Å². The zero-order chi connectivity index (χ0) is 12.5. The third-order valence-electron chi connectivity index (χ3n) is 1.74. The standard InChI is InChI=1S/C9H5ClF3N3S/c10-6-2-1-4-14-8(6)16-5-3-7(15-16)17-9(11,12)13/h1-5H. The van der Waals surface area contributed by atoms with Gasteiger partial charge in [0, 0.05) is 24.2 Å². The molecule has 0 saturated heterocycles. The van der Waals surface area contributed by atoms with Crippen molar-refractivity contribution in [3.8, 4) is 5.82 Å². The Balaban J connectivity index is 2.28. The van der Waals surface area contributed by atoms with Gasteiger partial charge < -0.3 is 0 Å². The molecule has 0 aliphatic carbocycles. The van der Waals surface area contributed by atoms with Crippen LogP contribution in [0.3, 0.4) is 0 Å². The van der Waals surface area contributed by atoms with Crippen LogP contribution in [-0.4, -0.2) is 20.3 Å². The summed E-state index contributed by atoms with van der Waals surface area (Å²) in [5.41, 5.74) is -4.35. The van der Waals surface area contributed by atoms with Gasteiger partial charge in [-0.25, -0.2) is 9.67 Å². The number of nitrogens with zero attached hydrogens (tertiary/aromatic N) is 3. The van der Waals surface area contributed by atoms with E-state index in [4.69, 9.17) is 11.6 Å². The minimum Gasteiger partial charge on any atom is -0.236 e. The van der Waals surface area contributed by atoms with E-state index in [2.05, 4.69) is 10.1 Å². The Morgan fingerprint density at radius 2 is 2.06 bits per heavy atom. The molecule has 0 fully saturated rings. The normalized spacial score (nSPS) is 11.8.